The SMILES string of the molecule is O=C(CCN1CCCS(=O)(=O)CC1)c1cccc(Cl)c1Cl. The quantitative estimate of drug-likeness (QED) is 0.784. The predicted octanol–water partition coefficient (Wildman–Crippen LogP) is 2.69. The van der Waals surface area contributed by atoms with E-state index >= 15 is 0 Å². The smallest absolute Gasteiger partial charge is 0.165 e. The summed E-state index contributed by atoms with van der Waals surface area (Å²) < 4.78 is 23.1. The highest BCUT2D eigenvalue weighted by molar-refractivity contribution is 7.91. The molecule has 0 atom stereocenters. The van der Waals surface area contributed by atoms with Crippen molar-refractivity contribution in [3.63, 3.8) is 0 Å². The molecule has 1 fully saturated rings. The third kappa shape index (κ3) is 4.68. The first kappa shape index (κ1) is 16.7. The minimum atomic E-state index is -2.92. The molecule has 0 unspecified atom stereocenters. The number of halogens is 2. The van der Waals surface area contributed by atoms with Crippen LogP contribution in [-0.2, 0) is 9.84 Å². The Kier molecular flexibility index (Phi) is 5.66. The molecule has 1 aromatic rings. The molecule has 1 aromatic carbocycles. The zero-order chi connectivity index (χ0) is 15.5. The molecule has 0 saturated carbocycles. The summed E-state index contributed by atoms with van der Waals surface area (Å²) in [5.74, 6) is 0.325. The van der Waals surface area contributed by atoms with Crippen molar-refractivity contribution < 1.29 is 13.2 Å². The van der Waals surface area contributed by atoms with Crippen molar-refractivity contribution in [2.75, 3.05) is 31.1 Å². The van der Waals surface area contributed by atoms with Gasteiger partial charge in [-0.2, -0.15) is 0 Å². The maximum Gasteiger partial charge on any atom is 0.165 e. The lowest BCUT2D eigenvalue weighted by molar-refractivity contribution is 0.0966. The highest BCUT2D eigenvalue weighted by Crippen LogP contribution is 2.26. The number of hydrogen-bond donors (Lipinski definition) is 0. The average Bonchev–Trinajstić information content (AvgIpc) is 2.60. The highest BCUT2D eigenvalue weighted by Gasteiger charge is 2.20. The predicted molar refractivity (Wildman–Crippen MR) is 85.1 cm³/mol. The van der Waals surface area contributed by atoms with Crippen molar-refractivity contribution in [1.82, 2.24) is 4.90 Å². The minimum Gasteiger partial charge on any atom is -0.302 e. The zero-order valence-electron chi connectivity index (χ0n) is 11.5. The summed E-state index contributed by atoms with van der Waals surface area (Å²) in [6.07, 6.45) is 0.925. The Labute approximate surface area is 134 Å². The van der Waals surface area contributed by atoms with Gasteiger partial charge in [-0.05, 0) is 25.1 Å². The van der Waals surface area contributed by atoms with Crippen LogP contribution in [-0.4, -0.2) is 50.2 Å². The van der Waals surface area contributed by atoms with Crippen LogP contribution >= 0.6 is 23.2 Å². The van der Waals surface area contributed by atoms with Gasteiger partial charge in [0.05, 0.1) is 21.6 Å². The molecule has 0 aliphatic carbocycles. The van der Waals surface area contributed by atoms with Crippen LogP contribution in [0, 0.1) is 0 Å². The lowest BCUT2D eigenvalue weighted by Crippen LogP contribution is -2.29. The van der Waals surface area contributed by atoms with Gasteiger partial charge in [-0.1, -0.05) is 29.3 Å². The molecule has 1 heterocycles. The van der Waals surface area contributed by atoms with E-state index in [1.165, 1.54) is 0 Å². The first-order chi connectivity index (χ1) is 9.89. The van der Waals surface area contributed by atoms with Crippen LogP contribution in [0.25, 0.3) is 0 Å². The maximum absolute atomic E-state index is 12.2. The number of hydrogen-bond acceptors (Lipinski definition) is 4. The summed E-state index contributed by atoms with van der Waals surface area (Å²) in [5, 5.41) is 0.644. The summed E-state index contributed by atoms with van der Waals surface area (Å²) in [5.41, 5.74) is 0.423. The normalized spacial score (nSPS) is 19.1. The topological polar surface area (TPSA) is 54.5 Å². The Morgan fingerprint density at radius 1 is 1.19 bits per heavy atom. The van der Waals surface area contributed by atoms with Gasteiger partial charge in [-0.25, -0.2) is 8.42 Å². The first-order valence-electron chi connectivity index (χ1n) is 6.79. The molecule has 1 aliphatic rings. The molecule has 116 valence electrons. The van der Waals surface area contributed by atoms with E-state index < -0.39 is 9.84 Å². The molecule has 2 rings (SSSR count). The molecule has 0 amide bonds. The molecule has 1 aliphatic heterocycles. The van der Waals surface area contributed by atoms with Crippen LogP contribution < -0.4 is 0 Å². The number of carbonyl (C=O) groups excluding carboxylic acids is 1. The Balaban J connectivity index is 1.94. The molecule has 0 radical (unpaired) electrons. The van der Waals surface area contributed by atoms with E-state index in [1.54, 1.807) is 18.2 Å². The number of nitrogens with zero attached hydrogens (tertiary/aromatic N) is 1. The Morgan fingerprint density at radius 2 is 1.95 bits per heavy atom. The first-order valence-corrected chi connectivity index (χ1v) is 9.37. The molecule has 0 N–H and O–H groups in total. The van der Waals surface area contributed by atoms with Crippen LogP contribution in [0.1, 0.15) is 23.2 Å². The molecule has 0 spiro atoms. The third-order valence-electron chi connectivity index (χ3n) is 3.56. The van der Waals surface area contributed by atoms with Crippen LogP contribution in [0.5, 0.6) is 0 Å². The number of benzene rings is 1. The molecule has 21 heavy (non-hydrogen) atoms. The number of carbonyl (C=O) groups is 1. The molecule has 0 bridgehead atoms. The maximum atomic E-state index is 12.2. The average molecular weight is 350 g/mol. The molecule has 4 nitrogen and oxygen atoms in total. The second kappa shape index (κ2) is 7.09. The molecule has 1 saturated heterocycles. The van der Waals surface area contributed by atoms with E-state index in [4.69, 9.17) is 23.2 Å². The largest absolute Gasteiger partial charge is 0.302 e. The number of Topliss-reactive ketones (excluding diaryl/α,β-unsaturated/α-hetero) is 1. The monoisotopic (exact) mass is 349 g/mol. The minimum absolute atomic E-state index is 0.0744. The summed E-state index contributed by atoms with van der Waals surface area (Å²) >= 11 is 11.9. The van der Waals surface area contributed by atoms with Crippen molar-refractivity contribution in [3.05, 3.63) is 33.8 Å². The second-order valence-electron chi connectivity index (χ2n) is 5.12. The van der Waals surface area contributed by atoms with E-state index in [9.17, 15) is 13.2 Å². The summed E-state index contributed by atoms with van der Waals surface area (Å²) in [4.78, 5) is 14.2. The van der Waals surface area contributed by atoms with Crippen molar-refractivity contribution in [3.8, 4) is 0 Å². The van der Waals surface area contributed by atoms with Gasteiger partial charge in [-0.3, -0.25) is 4.79 Å². The number of sulfone groups is 1. The van der Waals surface area contributed by atoms with E-state index in [0.29, 0.717) is 43.1 Å². The van der Waals surface area contributed by atoms with Gasteiger partial charge in [0.25, 0.3) is 0 Å². The van der Waals surface area contributed by atoms with Gasteiger partial charge in [0.1, 0.15) is 0 Å². The molecular weight excluding hydrogens is 333 g/mol. The van der Waals surface area contributed by atoms with Crippen molar-refractivity contribution >= 4 is 38.8 Å². The van der Waals surface area contributed by atoms with Gasteiger partial charge >= 0.3 is 0 Å². The summed E-state index contributed by atoms with van der Waals surface area (Å²) in [6, 6.07) is 4.99. The number of rotatable bonds is 4. The third-order valence-corrected chi connectivity index (χ3v) is 6.09. The fraction of sp³-hybridized carbons (Fsp3) is 0.500. The lowest BCUT2D eigenvalue weighted by Gasteiger charge is -2.18. The second-order valence-corrected chi connectivity index (χ2v) is 8.21. The standard InChI is InChI=1S/C14H17Cl2NO3S/c15-12-4-1-3-11(14(12)16)13(18)5-7-17-6-2-9-21(19,20)10-8-17/h1,3-4H,2,5-10H2. The lowest BCUT2D eigenvalue weighted by atomic mass is 10.1. The highest BCUT2D eigenvalue weighted by atomic mass is 35.5. The zero-order valence-corrected chi connectivity index (χ0v) is 13.8. The van der Waals surface area contributed by atoms with Crippen LogP contribution in [0.4, 0.5) is 0 Å². The van der Waals surface area contributed by atoms with Crippen molar-refractivity contribution in [2.45, 2.75) is 12.8 Å². The van der Waals surface area contributed by atoms with Gasteiger partial charge < -0.3 is 4.90 Å². The van der Waals surface area contributed by atoms with Crippen LogP contribution in [0.2, 0.25) is 10.0 Å². The van der Waals surface area contributed by atoms with Gasteiger partial charge in [-0.15, -0.1) is 0 Å². The fourth-order valence-electron chi connectivity index (χ4n) is 2.33. The van der Waals surface area contributed by atoms with Crippen LogP contribution in [0.15, 0.2) is 18.2 Å². The van der Waals surface area contributed by atoms with E-state index in [0.717, 1.165) is 0 Å². The molecule has 0 aromatic heterocycles. The van der Waals surface area contributed by atoms with Crippen LogP contribution in [0.3, 0.4) is 0 Å². The molecular formula is C14H17Cl2NO3S. The fourth-order valence-corrected chi connectivity index (χ4v) is 4.04. The van der Waals surface area contributed by atoms with Crippen molar-refractivity contribution in [1.29, 1.82) is 0 Å². The summed E-state index contributed by atoms with van der Waals surface area (Å²) in [6.45, 7) is 1.73. The summed E-state index contributed by atoms with van der Waals surface area (Å²) in [7, 11) is -2.92. The van der Waals surface area contributed by atoms with E-state index in [-0.39, 0.29) is 22.3 Å². The Morgan fingerprint density at radius 3 is 2.71 bits per heavy atom. The number of ketones is 1. The Bertz CT molecular complexity index is 631. The Hall–Kier alpha value is -0.620. The van der Waals surface area contributed by atoms with Crippen molar-refractivity contribution in [2.24, 2.45) is 0 Å². The molecule has 7 heteroatoms. The van der Waals surface area contributed by atoms with E-state index in [2.05, 4.69) is 0 Å². The van der Waals surface area contributed by atoms with Gasteiger partial charge in [0.15, 0.2) is 15.6 Å². The van der Waals surface area contributed by atoms with Gasteiger partial charge in [0.2, 0.25) is 0 Å². The van der Waals surface area contributed by atoms with E-state index in [1.807, 2.05) is 4.90 Å². The van der Waals surface area contributed by atoms with Gasteiger partial charge in [0, 0.05) is 25.1 Å².